The monoisotopic (exact) mass is 346 g/mol. The molecule has 0 saturated carbocycles. The summed E-state index contributed by atoms with van der Waals surface area (Å²) >= 11 is 1.57. The normalized spacial score (nSPS) is 13.7. The minimum atomic E-state index is -0.109. The fourth-order valence-corrected chi connectivity index (χ4v) is 3.41. The van der Waals surface area contributed by atoms with Gasteiger partial charge in [0, 0.05) is 24.3 Å². The highest BCUT2D eigenvalue weighted by Gasteiger charge is 2.21. The molecule has 130 valence electrons. The van der Waals surface area contributed by atoms with Crippen molar-refractivity contribution in [3.05, 3.63) is 41.7 Å². The van der Waals surface area contributed by atoms with Crippen molar-refractivity contribution >= 4 is 17.5 Å². The lowest BCUT2D eigenvalue weighted by atomic mass is 9.99. The highest BCUT2D eigenvalue weighted by Crippen LogP contribution is 2.25. The zero-order chi connectivity index (χ0) is 17.5. The molecule has 1 aromatic carbocycles. The summed E-state index contributed by atoms with van der Waals surface area (Å²) in [5, 5.41) is 9.41. The number of Topliss-reactive ketones (excluding diaryl/α,β-unsaturated/α-hetero) is 1. The van der Waals surface area contributed by atoms with Gasteiger partial charge in [-0.15, -0.1) is 10.2 Å². The summed E-state index contributed by atoms with van der Waals surface area (Å²) in [7, 11) is 0. The lowest BCUT2D eigenvalue weighted by Gasteiger charge is -2.18. The molecule has 0 aliphatic carbocycles. The first kappa shape index (κ1) is 18.7. The number of carbonyl (C=O) groups is 1. The van der Waals surface area contributed by atoms with Gasteiger partial charge in [-0.25, -0.2) is 0 Å². The van der Waals surface area contributed by atoms with Crippen LogP contribution >= 0.6 is 11.8 Å². The SMILES string of the molecule is CCC(C)C(N)c1nnc(SCCC(=O)c2ccccc2)n1CC. The van der Waals surface area contributed by atoms with E-state index in [4.69, 9.17) is 5.73 Å². The molecule has 0 fully saturated rings. The van der Waals surface area contributed by atoms with E-state index in [-0.39, 0.29) is 11.8 Å². The van der Waals surface area contributed by atoms with Gasteiger partial charge in [-0.05, 0) is 12.8 Å². The molecule has 6 heteroatoms. The molecule has 0 aliphatic heterocycles. The highest BCUT2D eigenvalue weighted by molar-refractivity contribution is 7.99. The van der Waals surface area contributed by atoms with Crippen LogP contribution in [0.25, 0.3) is 0 Å². The number of aromatic nitrogens is 3. The largest absolute Gasteiger partial charge is 0.321 e. The van der Waals surface area contributed by atoms with Crippen LogP contribution in [0.5, 0.6) is 0 Å². The zero-order valence-electron chi connectivity index (χ0n) is 14.6. The molecule has 0 saturated heterocycles. The number of hydrogen-bond donors (Lipinski definition) is 1. The second kappa shape index (κ2) is 8.99. The van der Waals surface area contributed by atoms with Crippen molar-refractivity contribution in [3.63, 3.8) is 0 Å². The van der Waals surface area contributed by atoms with Gasteiger partial charge < -0.3 is 10.3 Å². The Morgan fingerprint density at radius 2 is 1.96 bits per heavy atom. The van der Waals surface area contributed by atoms with Crippen molar-refractivity contribution in [2.24, 2.45) is 11.7 Å². The van der Waals surface area contributed by atoms with Crippen molar-refractivity contribution in [2.45, 2.75) is 51.4 Å². The minimum Gasteiger partial charge on any atom is -0.321 e. The van der Waals surface area contributed by atoms with E-state index in [0.717, 1.165) is 29.5 Å². The number of nitrogens with zero attached hydrogens (tertiary/aromatic N) is 3. The average molecular weight is 347 g/mol. The van der Waals surface area contributed by atoms with Gasteiger partial charge in [0.1, 0.15) is 0 Å². The molecular formula is C18H26N4OS. The van der Waals surface area contributed by atoms with E-state index >= 15 is 0 Å². The van der Waals surface area contributed by atoms with Gasteiger partial charge in [-0.1, -0.05) is 62.4 Å². The summed E-state index contributed by atoms with van der Waals surface area (Å²) in [5.41, 5.74) is 7.06. The number of ketones is 1. The molecule has 2 N–H and O–H groups in total. The summed E-state index contributed by atoms with van der Waals surface area (Å²) in [6.07, 6.45) is 1.49. The molecule has 1 aromatic heterocycles. The Balaban J connectivity index is 1.98. The van der Waals surface area contributed by atoms with E-state index in [1.807, 2.05) is 30.3 Å². The molecule has 2 rings (SSSR count). The Bertz CT molecular complexity index is 656. The topological polar surface area (TPSA) is 73.8 Å². The average Bonchev–Trinajstić information content (AvgIpc) is 3.03. The Morgan fingerprint density at radius 3 is 2.58 bits per heavy atom. The van der Waals surface area contributed by atoms with Gasteiger partial charge in [0.25, 0.3) is 0 Å². The van der Waals surface area contributed by atoms with Crippen LogP contribution < -0.4 is 5.73 Å². The fraction of sp³-hybridized carbons (Fsp3) is 0.500. The van der Waals surface area contributed by atoms with E-state index in [0.29, 0.717) is 18.1 Å². The molecule has 2 atom stereocenters. The van der Waals surface area contributed by atoms with Crippen LogP contribution in [0.4, 0.5) is 0 Å². The van der Waals surface area contributed by atoms with E-state index in [9.17, 15) is 4.79 Å². The molecule has 24 heavy (non-hydrogen) atoms. The summed E-state index contributed by atoms with van der Waals surface area (Å²) in [6.45, 7) is 7.10. The molecule has 0 spiro atoms. The molecular weight excluding hydrogens is 320 g/mol. The molecule has 1 heterocycles. The van der Waals surface area contributed by atoms with Gasteiger partial charge in [-0.3, -0.25) is 4.79 Å². The maximum absolute atomic E-state index is 12.2. The van der Waals surface area contributed by atoms with E-state index in [1.165, 1.54) is 0 Å². The van der Waals surface area contributed by atoms with Gasteiger partial charge in [0.2, 0.25) is 0 Å². The lowest BCUT2D eigenvalue weighted by Crippen LogP contribution is -2.23. The van der Waals surface area contributed by atoms with Crippen molar-refractivity contribution < 1.29 is 4.79 Å². The Kier molecular flexibility index (Phi) is 6.99. The maximum Gasteiger partial charge on any atom is 0.191 e. The third kappa shape index (κ3) is 4.45. The molecule has 0 amide bonds. The maximum atomic E-state index is 12.2. The second-order valence-corrected chi connectivity index (χ2v) is 6.95. The van der Waals surface area contributed by atoms with Crippen LogP contribution in [-0.2, 0) is 6.54 Å². The number of hydrogen-bond acceptors (Lipinski definition) is 5. The third-order valence-electron chi connectivity index (χ3n) is 4.27. The number of carbonyl (C=O) groups excluding carboxylic acids is 1. The van der Waals surface area contributed by atoms with E-state index < -0.39 is 0 Å². The van der Waals surface area contributed by atoms with Crippen LogP contribution in [0.15, 0.2) is 35.5 Å². The molecule has 2 unspecified atom stereocenters. The van der Waals surface area contributed by atoms with Crippen molar-refractivity contribution in [1.29, 1.82) is 0 Å². The lowest BCUT2D eigenvalue weighted by molar-refractivity contribution is 0.0989. The van der Waals surface area contributed by atoms with Crippen LogP contribution in [0.2, 0.25) is 0 Å². The van der Waals surface area contributed by atoms with Gasteiger partial charge in [0.15, 0.2) is 16.8 Å². The highest BCUT2D eigenvalue weighted by atomic mass is 32.2. The van der Waals surface area contributed by atoms with E-state index in [1.54, 1.807) is 11.8 Å². The van der Waals surface area contributed by atoms with Crippen LogP contribution in [0.1, 0.15) is 55.8 Å². The first-order valence-electron chi connectivity index (χ1n) is 8.48. The third-order valence-corrected chi connectivity index (χ3v) is 5.24. The zero-order valence-corrected chi connectivity index (χ0v) is 15.4. The van der Waals surface area contributed by atoms with Crippen LogP contribution in [0.3, 0.4) is 0 Å². The molecule has 0 aliphatic rings. The first-order chi connectivity index (χ1) is 11.6. The number of nitrogens with two attached hydrogens (primary N) is 1. The van der Waals surface area contributed by atoms with E-state index in [2.05, 4.69) is 35.5 Å². The number of benzene rings is 1. The molecule has 2 aromatic rings. The van der Waals surface area contributed by atoms with Gasteiger partial charge in [0.05, 0.1) is 6.04 Å². The second-order valence-electron chi connectivity index (χ2n) is 5.88. The smallest absolute Gasteiger partial charge is 0.191 e. The Hall–Kier alpha value is -1.66. The standard InChI is InChI=1S/C18H26N4OS/c1-4-13(3)16(19)17-20-21-18(22(17)5-2)24-12-11-15(23)14-9-7-6-8-10-14/h6-10,13,16H,4-5,11-12,19H2,1-3H3. The Labute approximate surface area is 148 Å². The van der Waals surface area contributed by atoms with Crippen LogP contribution in [0, 0.1) is 5.92 Å². The summed E-state index contributed by atoms with van der Waals surface area (Å²) in [5.74, 6) is 2.03. The summed E-state index contributed by atoms with van der Waals surface area (Å²) in [4.78, 5) is 12.2. The summed E-state index contributed by atoms with van der Waals surface area (Å²) in [6, 6.07) is 9.28. The summed E-state index contributed by atoms with van der Waals surface area (Å²) < 4.78 is 2.06. The quantitative estimate of drug-likeness (QED) is 0.553. The number of thioether (sulfide) groups is 1. The predicted molar refractivity (Wildman–Crippen MR) is 98.2 cm³/mol. The minimum absolute atomic E-state index is 0.109. The van der Waals surface area contributed by atoms with Gasteiger partial charge in [-0.2, -0.15) is 0 Å². The number of rotatable bonds is 9. The van der Waals surface area contributed by atoms with Crippen molar-refractivity contribution in [3.8, 4) is 0 Å². The van der Waals surface area contributed by atoms with Crippen molar-refractivity contribution in [1.82, 2.24) is 14.8 Å². The van der Waals surface area contributed by atoms with Crippen molar-refractivity contribution in [2.75, 3.05) is 5.75 Å². The predicted octanol–water partition coefficient (Wildman–Crippen LogP) is 3.71. The Morgan fingerprint density at radius 1 is 1.25 bits per heavy atom. The van der Waals surface area contributed by atoms with Gasteiger partial charge >= 0.3 is 0 Å². The molecule has 0 radical (unpaired) electrons. The first-order valence-corrected chi connectivity index (χ1v) is 9.46. The molecule has 5 nitrogen and oxygen atoms in total. The van der Waals surface area contributed by atoms with Crippen LogP contribution in [-0.4, -0.2) is 26.3 Å². The fourth-order valence-electron chi connectivity index (χ4n) is 2.46. The molecule has 0 bridgehead atoms.